The van der Waals surface area contributed by atoms with Gasteiger partial charge in [-0.15, -0.1) is 0 Å². The SMILES string of the molecule is Cc1ccc(S(=O)(=O)NC2C(N)C3CCOC32)cc1C. The van der Waals surface area contributed by atoms with E-state index in [0.29, 0.717) is 12.5 Å². The van der Waals surface area contributed by atoms with E-state index in [-0.39, 0.29) is 23.1 Å². The van der Waals surface area contributed by atoms with Crippen molar-refractivity contribution >= 4 is 10.0 Å². The number of hydrogen-bond donors (Lipinski definition) is 2. The summed E-state index contributed by atoms with van der Waals surface area (Å²) in [6.45, 7) is 4.53. The van der Waals surface area contributed by atoms with Crippen LogP contribution in [0.5, 0.6) is 0 Å². The van der Waals surface area contributed by atoms with Crippen molar-refractivity contribution in [2.75, 3.05) is 6.61 Å². The Balaban J connectivity index is 1.80. The van der Waals surface area contributed by atoms with Gasteiger partial charge in [0.15, 0.2) is 0 Å². The lowest BCUT2D eigenvalue weighted by Crippen LogP contribution is -2.68. The molecular formula is C14H20N2O3S. The van der Waals surface area contributed by atoms with Gasteiger partial charge in [0.2, 0.25) is 10.0 Å². The first-order valence-corrected chi connectivity index (χ1v) is 8.35. The van der Waals surface area contributed by atoms with E-state index in [9.17, 15) is 8.42 Å². The number of benzene rings is 1. The Bertz CT molecular complexity index is 629. The summed E-state index contributed by atoms with van der Waals surface area (Å²) in [5.74, 6) is 0.294. The highest BCUT2D eigenvalue weighted by Crippen LogP contribution is 2.38. The maximum atomic E-state index is 12.4. The highest BCUT2D eigenvalue weighted by molar-refractivity contribution is 7.89. The quantitative estimate of drug-likeness (QED) is 0.860. The van der Waals surface area contributed by atoms with Crippen LogP contribution >= 0.6 is 0 Å². The second-order valence-electron chi connectivity index (χ2n) is 5.76. The van der Waals surface area contributed by atoms with Gasteiger partial charge in [0.25, 0.3) is 0 Å². The molecule has 3 rings (SSSR count). The highest BCUT2D eigenvalue weighted by Gasteiger charge is 2.53. The van der Waals surface area contributed by atoms with Gasteiger partial charge in [-0.1, -0.05) is 6.07 Å². The Hall–Kier alpha value is -0.950. The largest absolute Gasteiger partial charge is 0.376 e. The zero-order valence-corrected chi connectivity index (χ0v) is 12.5. The van der Waals surface area contributed by atoms with Crippen molar-refractivity contribution in [1.82, 2.24) is 4.72 Å². The van der Waals surface area contributed by atoms with Crippen LogP contribution in [-0.2, 0) is 14.8 Å². The van der Waals surface area contributed by atoms with Gasteiger partial charge in [-0.25, -0.2) is 13.1 Å². The second kappa shape index (κ2) is 4.80. The van der Waals surface area contributed by atoms with Gasteiger partial charge in [0.05, 0.1) is 17.0 Å². The maximum Gasteiger partial charge on any atom is 0.240 e. The van der Waals surface area contributed by atoms with Crippen molar-refractivity contribution in [2.24, 2.45) is 11.7 Å². The zero-order chi connectivity index (χ0) is 14.5. The molecule has 6 heteroatoms. The molecule has 0 amide bonds. The molecule has 0 bridgehead atoms. The zero-order valence-electron chi connectivity index (χ0n) is 11.7. The van der Waals surface area contributed by atoms with Gasteiger partial charge < -0.3 is 10.5 Å². The molecule has 1 saturated heterocycles. The first-order valence-electron chi connectivity index (χ1n) is 6.87. The van der Waals surface area contributed by atoms with Crippen LogP contribution in [0.1, 0.15) is 17.5 Å². The third-order valence-electron chi connectivity index (χ3n) is 4.53. The van der Waals surface area contributed by atoms with Crippen molar-refractivity contribution in [2.45, 2.75) is 43.4 Å². The molecule has 2 fully saturated rings. The molecule has 5 nitrogen and oxygen atoms in total. The van der Waals surface area contributed by atoms with E-state index in [1.54, 1.807) is 12.1 Å². The van der Waals surface area contributed by atoms with Crippen LogP contribution in [-0.4, -0.2) is 33.2 Å². The molecule has 4 atom stereocenters. The summed E-state index contributed by atoms with van der Waals surface area (Å²) in [7, 11) is -3.54. The molecule has 4 unspecified atom stereocenters. The van der Waals surface area contributed by atoms with Gasteiger partial charge in [-0.3, -0.25) is 0 Å². The molecule has 1 heterocycles. The fourth-order valence-electron chi connectivity index (χ4n) is 3.02. The lowest BCUT2D eigenvalue weighted by Gasteiger charge is -2.45. The van der Waals surface area contributed by atoms with Crippen LogP contribution in [0.3, 0.4) is 0 Å². The van der Waals surface area contributed by atoms with Gasteiger partial charge in [0, 0.05) is 18.6 Å². The molecule has 1 saturated carbocycles. The third kappa shape index (κ3) is 2.16. The van der Waals surface area contributed by atoms with E-state index in [2.05, 4.69) is 4.72 Å². The van der Waals surface area contributed by atoms with Crippen LogP contribution in [0.15, 0.2) is 23.1 Å². The van der Waals surface area contributed by atoms with Gasteiger partial charge in [-0.05, 0) is 43.5 Å². The maximum absolute atomic E-state index is 12.4. The Morgan fingerprint density at radius 1 is 1.30 bits per heavy atom. The molecule has 0 spiro atoms. The van der Waals surface area contributed by atoms with Gasteiger partial charge >= 0.3 is 0 Å². The molecule has 110 valence electrons. The normalized spacial score (nSPS) is 32.8. The Morgan fingerprint density at radius 3 is 2.75 bits per heavy atom. The number of nitrogens with one attached hydrogen (secondary N) is 1. The topological polar surface area (TPSA) is 81.4 Å². The van der Waals surface area contributed by atoms with E-state index in [1.807, 2.05) is 19.9 Å². The van der Waals surface area contributed by atoms with Crippen molar-refractivity contribution in [3.8, 4) is 0 Å². The molecule has 1 aromatic rings. The summed E-state index contributed by atoms with van der Waals surface area (Å²) in [5.41, 5.74) is 8.07. The summed E-state index contributed by atoms with van der Waals surface area (Å²) in [6, 6.07) is 4.67. The number of fused-ring (bicyclic) bond motifs is 1. The van der Waals surface area contributed by atoms with Crippen LogP contribution < -0.4 is 10.5 Å². The summed E-state index contributed by atoms with van der Waals surface area (Å²) in [6.07, 6.45) is 0.861. The number of nitrogens with two attached hydrogens (primary N) is 1. The predicted octanol–water partition coefficient (Wildman–Crippen LogP) is 0.696. The van der Waals surface area contributed by atoms with E-state index in [4.69, 9.17) is 10.5 Å². The van der Waals surface area contributed by atoms with E-state index >= 15 is 0 Å². The van der Waals surface area contributed by atoms with Crippen molar-refractivity contribution < 1.29 is 13.2 Å². The minimum absolute atomic E-state index is 0.0636. The summed E-state index contributed by atoms with van der Waals surface area (Å²) in [4.78, 5) is 0.286. The average Bonchev–Trinajstić information content (AvgIpc) is 2.84. The molecule has 1 aliphatic heterocycles. The van der Waals surface area contributed by atoms with Crippen LogP contribution in [0.4, 0.5) is 0 Å². The first-order chi connectivity index (χ1) is 9.40. The van der Waals surface area contributed by atoms with E-state index < -0.39 is 10.0 Å². The standard InChI is InChI=1S/C14H20N2O3S/c1-8-3-4-10(7-9(8)2)20(17,18)16-13-12(15)11-5-6-19-14(11)13/h3-4,7,11-14,16H,5-6,15H2,1-2H3. The Labute approximate surface area is 119 Å². The Morgan fingerprint density at radius 2 is 2.05 bits per heavy atom. The lowest BCUT2D eigenvalue weighted by atomic mass is 9.73. The molecular weight excluding hydrogens is 276 g/mol. The molecule has 2 aliphatic rings. The molecule has 20 heavy (non-hydrogen) atoms. The van der Waals surface area contributed by atoms with Crippen molar-refractivity contribution in [3.63, 3.8) is 0 Å². The van der Waals surface area contributed by atoms with E-state index in [1.165, 1.54) is 0 Å². The fraction of sp³-hybridized carbons (Fsp3) is 0.571. The molecule has 3 N–H and O–H groups in total. The molecule has 1 aliphatic carbocycles. The highest BCUT2D eigenvalue weighted by atomic mass is 32.2. The second-order valence-corrected chi connectivity index (χ2v) is 7.47. The Kier molecular flexibility index (Phi) is 3.36. The van der Waals surface area contributed by atoms with Crippen LogP contribution in [0, 0.1) is 19.8 Å². The number of rotatable bonds is 3. The average molecular weight is 296 g/mol. The molecule has 1 aromatic carbocycles. The first kappa shape index (κ1) is 14.0. The summed E-state index contributed by atoms with van der Waals surface area (Å²) < 4.78 is 33.1. The molecule has 0 aromatic heterocycles. The monoisotopic (exact) mass is 296 g/mol. The van der Waals surface area contributed by atoms with Gasteiger partial charge in [-0.2, -0.15) is 0 Å². The van der Waals surface area contributed by atoms with Crippen LogP contribution in [0.25, 0.3) is 0 Å². The van der Waals surface area contributed by atoms with Crippen LogP contribution in [0.2, 0.25) is 0 Å². The van der Waals surface area contributed by atoms with Gasteiger partial charge in [0.1, 0.15) is 0 Å². The summed E-state index contributed by atoms with van der Waals surface area (Å²) >= 11 is 0. The minimum atomic E-state index is -3.54. The predicted molar refractivity (Wildman–Crippen MR) is 75.8 cm³/mol. The van der Waals surface area contributed by atoms with E-state index in [0.717, 1.165) is 17.5 Å². The fourth-order valence-corrected chi connectivity index (χ4v) is 4.39. The molecule has 0 radical (unpaired) electrons. The third-order valence-corrected chi connectivity index (χ3v) is 5.98. The smallest absolute Gasteiger partial charge is 0.240 e. The van der Waals surface area contributed by atoms with Crippen molar-refractivity contribution in [3.05, 3.63) is 29.3 Å². The number of hydrogen-bond acceptors (Lipinski definition) is 4. The number of sulfonamides is 1. The van der Waals surface area contributed by atoms with Crippen molar-refractivity contribution in [1.29, 1.82) is 0 Å². The minimum Gasteiger partial charge on any atom is -0.376 e. The number of aryl methyl sites for hydroxylation is 2. The summed E-state index contributed by atoms with van der Waals surface area (Å²) in [5, 5.41) is 0. The lowest BCUT2D eigenvalue weighted by molar-refractivity contribution is -0.00924. The number of ether oxygens (including phenoxy) is 1.